The first kappa shape index (κ1) is 19.7. The molecule has 4 heterocycles. The molecular weight excluding hydrogens is 409 g/mol. The number of nitrogens with one attached hydrogen (secondary N) is 3. The van der Waals surface area contributed by atoms with Gasteiger partial charge in [-0.15, -0.1) is 0 Å². The third kappa shape index (κ3) is 3.81. The van der Waals surface area contributed by atoms with E-state index in [0.29, 0.717) is 30.3 Å². The molecule has 6 nitrogen and oxygen atoms in total. The van der Waals surface area contributed by atoms with Crippen molar-refractivity contribution in [3.8, 4) is 0 Å². The maximum atomic E-state index is 12.9. The number of piperidine rings is 1. The molecule has 3 aromatic rings. The first-order valence-electron chi connectivity index (χ1n) is 10.0. The van der Waals surface area contributed by atoms with Crippen molar-refractivity contribution in [1.82, 2.24) is 15.3 Å². The van der Waals surface area contributed by atoms with Gasteiger partial charge in [-0.2, -0.15) is 13.2 Å². The van der Waals surface area contributed by atoms with E-state index in [2.05, 4.69) is 20.6 Å². The van der Waals surface area contributed by atoms with E-state index >= 15 is 0 Å². The van der Waals surface area contributed by atoms with Crippen molar-refractivity contribution in [2.75, 3.05) is 5.32 Å². The molecule has 31 heavy (non-hydrogen) atoms. The number of pyridine rings is 2. The second kappa shape index (κ2) is 7.19. The molecule has 3 atom stereocenters. The van der Waals surface area contributed by atoms with Crippen LogP contribution in [-0.2, 0) is 17.4 Å². The molecule has 0 spiro atoms. The van der Waals surface area contributed by atoms with Crippen molar-refractivity contribution >= 4 is 22.5 Å². The van der Waals surface area contributed by atoms with Gasteiger partial charge in [0, 0.05) is 41.3 Å². The summed E-state index contributed by atoms with van der Waals surface area (Å²) < 4.78 is 38.5. The summed E-state index contributed by atoms with van der Waals surface area (Å²) in [5.41, 5.74) is 1.71. The maximum absolute atomic E-state index is 12.9. The predicted octanol–water partition coefficient (Wildman–Crippen LogP) is 3.55. The van der Waals surface area contributed by atoms with Crippen molar-refractivity contribution in [1.29, 1.82) is 0 Å². The molecule has 9 heteroatoms. The average molecular weight is 428 g/mol. The molecule has 0 radical (unpaired) electrons. The molecule has 2 aliphatic heterocycles. The Morgan fingerprint density at radius 2 is 1.97 bits per heavy atom. The number of amides is 1. The number of hydrogen-bond donors (Lipinski definition) is 3. The van der Waals surface area contributed by atoms with E-state index in [1.807, 2.05) is 0 Å². The van der Waals surface area contributed by atoms with Gasteiger partial charge in [-0.25, -0.2) is 4.98 Å². The highest BCUT2D eigenvalue weighted by molar-refractivity contribution is 5.95. The SMILES string of the molecule is O=C(Nc1ccc2nc(C(F)(F)F)ccc2c1)C1CC2Cc3cc(=O)[nH]cc3C(C1)N2. The average Bonchev–Trinajstić information content (AvgIpc) is 2.72. The number of benzene rings is 1. The topological polar surface area (TPSA) is 86.9 Å². The predicted molar refractivity (Wildman–Crippen MR) is 109 cm³/mol. The van der Waals surface area contributed by atoms with Gasteiger partial charge in [0.15, 0.2) is 0 Å². The maximum Gasteiger partial charge on any atom is 0.433 e. The molecule has 0 saturated carbocycles. The number of halogens is 3. The van der Waals surface area contributed by atoms with Crippen LogP contribution in [-0.4, -0.2) is 21.9 Å². The Morgan fingerprint density at radius 3 is 2.77 bits per heavy atom. The summed E-state index contributed by atoms with van der Waals surface area (Å²) in [7, 11) is 0. The number of nitrogens with zero attached hydrogens (tertiary/aromatic N) is 1. The van der Waals surface area contributed by atoms with E-state index in [1.165, 1.54) is 12.1 Å². The number of aromatic nitrogens is 2. The van der Waals surface area contributed by atoms with Crippen molar-refractivity contribution < 1.29 is 18.0 Å². The summed E-state index contributed by atoms with van der Waals surface area (Å²) in [4.78, 5) is 30.9. The van der Waals surface area contributed by atoms with E-state index in [4.69, 9.17) is 0 Å². The Balaban J connectivity index is 1.33. The zero-order chi connectivity index (χ0) is 21.8. The number of fused-ring (bicyclic) bond motifs is 5. The molecule has 5 rings (SSSR count). The zero-order valence-corrected chi connectivity index (χ0v) is 16.3. The van der Waals surface area contributed by atoms with Crippen LogP contribution in [0, 0.1) is 5.92 Å². The summed E-state index contributed by atoms with van der Waals surface area (Å²) in [5, 5.41) is 6.93. The number of carbonyl (C=O) groups excluding carboxylic acids is 1. The molecule has 2 aliphatic rings. The highest BCUT2D eigenvalue weighted by atomic mass is 19.4. The van der Waals surface area contributed by atoms with E-state index in [1.54, 1.807) is 24.4 Å². The molecule has 1 fully saturated rings. The van der Waals surface area contributed by atoms with Crippen LogP contribution in [0.25, 0.3) is 10.9 Å². The lowest BCUT2D eigenvalue weighted by atomic mass is 9.77. The quantitative estimate of drug-likeness (QED) is 0.583. The second-order valence-electron chi connectivity index (χ2n) is 8.16. The smallest absolute Gasteiger partial charge is 0.329 e. The molecule has 1 amide bonds. The van der Waals surface area contributed by atoms with Crippen LogP contribution in [0.5, 0.6) is 0 Å². The molecule has 160 valence electrons. The highest BCUT2D eigenvalue weighted by Gasteiger charge is 2.37. The molecular formula is C22H19F3N4O2. The molecule has 0 aliphatic carbocycles. The lowest BCUT2D eigenvalue weighted by Gasteiger charge is -2.40. The second-order valence-corrected chi connectivity index (χ2v) is 8.16. The number of rotatable bonds is 2. The van der Waals surface area contributed by atoms with Crippen molar-refractivity contribution in [3.05, 3.63) is 69.8 Å². The highest BCUT2D eigenvalue weighted by Crippen LogP contribution is 2.37. The van der Waals surface area contributed by atoms with Crippen LogP contribution in [0.4, 0.5) is 18.9 Å². The number of carbonyl (C=O) groups is 1. The van der Waals surface area contributed by atoms with Gasteiger partial charge in [-0.3, -0.25) is 9.59 Å². The van der Waals surface area contributed by atoms with Crippen LogP contribution in [0.1, 0.15) is 35.7 Å². The Hall–Kier alpha value is -3.20. The minimum absolute atomic E-state index is 0.00306. The summed E-state index contributed by atoms with van der Waals surface area (Å²) in [6, 6.07) is 8.70. The van der Waals surface area contributed by atoms with Gasteiger partial charge < -0.3 is 15.6 Å². The molecule has 1 aromatic carbocycles. The van der Waals surface area contributed by atoms with Crippen LogP contribution >= 0.6 is 0 Å². The Morgan fingerprint density at radius 1 is 1.13 bits per heavy atom. The fourth-order valence-corrected chi connectivity index (χ4v) is 4.61. The van der Waals surface area contributed by atoms with Crippen molar-refractivity contribution in [2.45, 2.75) is 37.5 Å². The Bertz CT molecular complexity index is 1240. The summed E-state index contributed by atoms with van der Waals surface area (Å²) in [6.45, 7) is 0. The van der Waals surface area contributed by atoms with Crippen LogP contribution in [0.15, 0.2) is 47.4 Å². The van der Waals surface area contributed by atoms with E-state index < -0.39 is 11.9 Å². The third-order valence-corrected chi connectivity index (χ3v) is 6.03. The minimum atomic E-state index is -4.50. The number of aromatic amines is 1. The van der Waals surface area contributed by atoms with Crippen LogP contribution in [0.2, 0.25) is 0 Å². The summed E-state index contributed by atoms with van der Waals surface area (Å²) in [6.07, 6.45) is -0.829. The lowest BCUT2D eigenvalue weighted by molar-refractivity contribution is -0.141. The number of anilines is 1. The standard InChI is InChI=1S/C22H19F3N4O2/c23-22(24,25)19-4-1-11-5-14(2-3-17(11)29-19)28-21(31)13-7-15-6-12-9-20(30)26-10-16(12)18(8-13)27-15/h1-5,9-10,13,15,18,27H,6-8H2,(H,26,30)(H,28,31). The summed E-state index contributed by atoms with van der Waals surface area (Å²) in [5.74, 6) is -0.332. The molecule has 3 unspecified atom stereocenters. The molecule has 2 aromatic heterocycles. The van der Waals surface area contributed by atoms with Crippen LogP contribution in [0.3, 0.4) is 0 Å². The van der Waals surface area contributed by atoms with E-state index in [-0.39, 0.29) is 35.0 Å². The first-order chi connectivity index (χ1) is 14.8. The number of hydrogen-bond acceptors (Lipinski definition) is 4. The molecule has 2 bridgehead atoms. The van der Waals surface area contributed by atoms with Crippen molar-refractivity contribution in [3.63, 3.8) is 0 Å². The fraction of sp³-hybridized carbons (Fsp3) is 0.318. The van der Waals surface area contributed by atoms with Crippen molar-refractivity contribution in [2.24, 2.45) is 5.92 Å². The number of H-pyrrole nitrogens is 1. The molecule has 3 N–H and O–H groups in total. The molecule has 1 saturated heterocycles. The minimum Gasteiger partial charge on any atom is -0.329 e. The van der Waals surface area contributed by atoms with E-state index in [0.717, 1.165) is 17.2 Å². The Kier molecular flexibility index (Phi) is 4.58. The van der Waals surface area contributed by atoms with Gasteiger partial charge in [0.2, 0.25) is 11.5 Å². The zero-order valence-electron chi connectivity index (χ0n) is 16.3. The largest absolute Gasteiger partial charge is 0.433 e. The normalized spacial score (nSPS) is 22.7. The van der Waals surface area contributed by atoms with E-state index in [9.17, 15) is 22.8 Å². The van der Waals surface area contributed by atoms with Gasteiger partial charge >= 0.3 is 6.18 Å². The Labute approximate surface area is 174 Å². The monoisotopic (exact) mass is 428 g/mol. The summed E-state index contributed by atoms with van der Waals surface area (Å²) >= 11 is 0. The third-order valence-electron chi connectivity index (χ3n) is 6.03. The first-order valence-corrected chi connectivity index (χ1v) is 10.0. The van der Waals surface area contributed by atoms with Gasteiger partial charge in [-0.1, -0.05) is 6.07 Å². The lowest BCUT2D eigenvalue weighted by Crippen LogP contribution is -2.48. The van der Waals surface area contributed by atoms with Gasteiger partial charge in [0.1, 0.15) is 5.69 Å². The fourth-order valence-electron chi connectivity index (χ4n) is 4.61. The number of alkyl halides is 3. The van der Waals surface area contributed by atoms with Gasteiger partial charge in [-0.05, 0) is 54.7 Å². The van der Waals surface area contributed by atoms with Gasteiger partial charge in [0.25, 0.3) is 0 Å². The van der Waals surface area contributed by atoms with Gasteiger partial charge in [0.05, 0.1) is 5.52 Å². The van der Waals surface area contributed by atoms with Crippen LogP contribution < -0.4 is 16.2 Å².